The highest BCUT2D eigenvalue weighted by Gasteiger charge is 2.13. The van der Waals surface area contributed by atoms with Gasteiger partial charge >= 0.3 is 5.97 Å². The molecule has 0 aliphatic carbocycles. The summed E-state index contributed by atoms with van der Waals surface area (Å²) in [7, 11) is 0. The summed E-state index contributed by atoms with van der Waals surface area (Å²) in [6.45, 7) is 5.40. The van der Waals surface area contributed by atoms with Crippen LogP contribution in [0.1, 0.15) is 28.5 Å². The van der Waals surface area contributed by atoms with Gasteiger partial charge in [-0.3, -0.25) is 0 Å². The van der Waals surface area contributed by atoms with Gasteiger partial charge < -0.3 is 15.4 Å². The minimum absolute atomic E-state index is 0.351. The van der Waals surface area contributed by atoms with E-state index in [9.17, 15) is 4.79 Å². The van der Waals surface area contributed by atoms with Crippen LogP contribution in [0.2, 0.25) is 0 Å². The smallest absolute Gasteiger partial charge is 0.335 e. The van der Waals surface area contributed by atoms with Gasteiger partial charge in [-0.15, -0.1) is 0 Å². The highest BCUT2D eigenvalue weighted by atomic mass is 16.4. The molecule has 2 rings (SSSR count). The largest absolute Gasteiger partial charge is 0.478 e. The van der Waals surface area contributed by atoms with Crippen LogP contribution in [0, 0.1) is 6.92 Å². The van der Waals surface area contributed by atoms with Gasteiger partial charge in [0, 0.05) is 24.2 Å². The van der Waals surface area contributed by atoms with Gasteiger partial charge in [-0.05, 0) is 37.1 Å². The number of fused-ring (bicyclic) bond motifs is 1. The van der Waals surface area contributed by atoms with E-state index >= 15 is 0 Å². The monoisotopic (exact) mass is 246 g/mol. The lowest BCUT2D eigenvalue weighted by molar-refractivity contribution is 0.0697. The van der Waals surface area contributed by atoms with Crippen molar-refractivity contribution in [1.82, 2.24) is 4.57 Å². The molecule has 1 aromatic carbocycles. The Morgan fingerprint density at radius 1 is 1.39 bits per heavy atom. The first-order valence-corrected chi connectivity index (χ1v) is 6.14. The number of hydrogen-bond donors (Lipinski definition) is 2. The van der Waals surface area contributed by atoms with Crippen molar-refractivity contribution >= 4 is 16.9 Å². The Labute approximate surface area is 106 Å². The van der Waals surface area contributed by atoms with Gasteiger partial charge in [0.25, 0.3) is 0 Å². The average Bonchev–Trinajstić information content (AvgIpc) is 2.65. The lowest BCUT2D eigenvalue weighted by Crippen LogP contribution is -2.11. The SMILES string of the molecule is CCc1cc(C(=O)O)cc2cc(C)n(CCN)c12. The summed E-state index contributed by atoms with van der Waals surface area (Å²) < 4.78 is 2.17. The second-order valence-corrected chi connectivity index (χ2v) is 4.46. The van der Waals surface area contributed by atoms with Crippen LogP contribution >= 0.6 is 0 Å². The molecule has 0 spiro atoms. The lowest BCUT2D eigenvalue weighted by atomic mass is 10.0. The molecule has 0 saturated heterocycles. The van der Waals surface area contributed by atoms with Gasteiger partial charge in [0.15, 0.2) is 0 Å². The summed E-state index contributed by atoms with van der Waals surface area (Å²) in [6, 6.07) is 5.52. The summed E-state index contributed by atoms with van der Waals surface area (Å²) in [4.78, 5) is 11.1. The van der Waals surface area contributed by atoms with Crippen molar-refractivity contribution in [3.63, 3.8) is 0 Å². The number of carboxylic acids is 1. The second kappa shape index (κ2) is 4.82. The Morgan fingerprint density at radius 2 is 2.11 bits per heavy atom. The predicted octanol–water partition coefficient (Wildman–Crippen LogP) is 2.17. The maximum Gasteiger partial charge on any atom is 0.335 e. The quantitative estimate of drug-likeness (QED) is 0.868. The van der Waals surface area contributed by atoms with E-state index in [1.807, 2.05) is 19.9 Å². The molecule has 1 aromatic heterocycles. The second-order valence-electron chi connectivity index (χ2n) is 4.46. The Bertz CT molecular complexity index is 599. The minimum atomic E-state index is -0.879. The van der Waals surface area contributed by atoms with E-state index in [1.165, 1.54) is 0 Å². The molecular weight excluding hydrogens is 228 g/mol. The Balaban J connectivity index is 2.75. The molecule has 96 valence electrons. The molecule has 0 bridgehead atoms. The number of rotatable bonds is 4. The first-order chi connectivity index (χ1) is 8.58. The number of aromatic carboxylic acids is 1. The normalized spacial score (nSPS) is 11.1. The number of benzene rings is 1. The van der Waals surface area contributed by atoms with Crippen molar-refractivity contribution in [2.45, 2.75) is 26.8 Å². The molecule has 0 fully saturated rings. The number of aromatic nitrogens is 1. The van der Waals surface area contributed by atoms with Gasteiger partial charge in [-0.1, -0.05) is 6.92 Å². The summed E-state index contributed by atoms with van der Waals surface area (Å²) in [5.41, 5.74) is 9.28. The van der Waals surface area contributed by atoms with Crippen LogP contribution in [0.4, 0.5) is 0 Å². The predicted molar refractivity (Wildman–Crippen MR) is 72.1 cm³/mol. The van der Waals surface area contributed by atoms with E-state index in [1.54, 1.807) is 12.1 Å². The van der Waals surface area contributed by atoms with E-state index in [0.29, 0.717) is 12.1 Å². The molecule has 0 unspecified atom stereocenters. The van der Waals surface area contributed by atoms with Gasteiger partial charge in [0.05, 0.1) is 11.1 Å². The van der Waals surface area contributed by atoms with E-state index in [2.05, 4.69) is 4.57 Å². The van der Waals surface area contributed by atoms with Crippen molar-refractivity contribution < 1.29 is 9.90 Å². The zero-order valence-corrected chi connectivity index (χ0v) is 10.7. The minimum Gasteiger partial charge on any atom is -0.478 e. The molecule has 0 atom stereocenters. The standard InChI is InChI=1S/C14H18N2O2/c1-3-10-7-12(14(17)18)8-11-6-9(2)16(5-4-15)13(10)11/h6-8H,3-5,15H2,1-2H3,(H,17,18). The van der Waals surface area contributed by atoms with Crippen LogP contribution in [-0.4, -0.2) is 22.2 Å². The van der Waals surface area contributed by atoms with Crippen molar-refractivity contribution in [3.05, 3.63) is 35.0 Å². The fourth-order valence-corrected chi connectivity index (χ4v) is 2.45. The van der Waals surface area contributed by atoms with Crippen molar-refractivity contribution in [3.8, 4) is 0 Å². The Morgan fingerprint density at radius 3 is 2.67 bits per heavy atom. The van der Waals surface area contributed by atoms with E-state index in [4.69, 9.17) is 10.8 Å². The molecule has 0 saturated carbocycles. The van der Waals surface area contributed by atoms with Crippen LogP contribution in [0.15, 0.2) is 18.2 Å². The van der Waals surface area contributed by atoms with Gasteiger partial charge in [0.2, 0.25) is 0 Å². The first kappa shape index (κ1) is 12.6. The van der Waals surface area contributed by atoms with Crippen molar-refractivity contribution in [2.75, 3.05) is 6.54 Å². The highest BCUT2D eigenvalue weighted by Crippen LogP contribution is 2.25. The fraction of sp³-hybridized carbons (Fsp3) is 0.357. The van der Waals surface area contributed by atoms with Gasteiger partial charge in [0.1, 0.15) is 0 Å². The first-order valence-electron chi connectivity index (χ1n) is 6.14. The average molecular weight is 246 g/mol. The molecular formula is C14H18N2O2. The molecule has 4 nitrogen and oxygen atoms in total. The maximum atomic E-state index is 11.1. The Hall–Kier alpha value is -1.81. The Kier molecular flexibility index (Phi) is 3.39. The molecule has 3 N–H and O–H groups in total. The molecule has 4 heteroatoms. The van der Waals surface area contributed by atoms with Crippen molar-refractivity contribution in [1.29, 1.82) is 0 Å². The highest BCUT2D eigenvalue weighted by molar-refractivity contribution is 5.95. The molecule has 1 heterocycles. The number of carbonyl (C=O) groups is 1. The topological polar surface area (TPSA) is 68.2 Å². The van der Waals surface area contributed by atoms with Crippen LogP contribution in [0.3, 0.4) is 0 Å². The van der Waals surface area contributed by atoms with Gasteiger partial charge in [-0.2, -0.15) is 0 Å². The molecule has 0 amide bonds. The van der Waals surface area contributed by atoms with Gasteiger partial charge in [-0.25, -0.2) is 4.79 Å². The number of carboxylic acid groups (broad SMARTS) is 1. The maximum absolute atomic E-state index is 11.1. The summed E-state index contributed by atoms with van der Waals surface area (Å²) in [5.74, 6) is -0.879. The summed E-state index contributed by atoms with van der Waals surface area (Å²) in [6.07, 6.45) is 0.811. The summed E-state index contributed by atoms with van der Waals surface area (Å²) >= 11 is 0. The molecule has 0 aliphatic heterocycles. The molecule has 18 heavy (non-hydrogen) atoms. The molecule has 2 aromatic rings. The zero-order chi connectivity index (χ0) is 13.3. The third-order valence-electron chi connectivity index (χ3n) is 3.26. The molecule has 0 aliphatic rings. The third kappa shape index (κ3) is 1.99. The van der Waals surface area contributed by atoms with Crippen LogP contribution in [0.5, 0.6) is 0 Å². The number of nitrogens with two attached hydrogens (primary N) is 1. The lowest BCUT2D eigenvalue weighted by Gasteiger charge is -2.10. The van der Waals surface area contributed by atoms with Crippen molar-refractivity contribution in [2.24, 2.45) is 5.73 Å². The van der Waals surface area contributed by atoms with Crippen LogP contribution in [-0.2, 0) is 13.0 Å². The third-order valence-corrected chi connectivity index (χ3v) is 3.26. The zero-order valence-electron chi connectivity index (χ0n) is 10.7. The number of hydrogen-bond acceptors (Lipinski definition) is 2. The van der Waals surface area contributed by atoms with E-state index < -0.39 is 5.97 Å². The fourth-order valence-electron chi connectivity index (χ4n) is 2.45. The van der Waals surface area contributed by atoms with Crippen LogP contribution < -0.4 is 5.73 Å². The molecule has 0 radical (unpaired) electrons. The van der Waals surface area contributed by atoms with Crippen LogP contribution in [0.25, 0.3) is 10.9 Å². The van der Waals surface area contributed by atoms with E-state index in [0.717, 1.165) is 35.1 Å². The number of aryl methyl sites for hydroxylation is 2. The number of nitrogens with zero attached hydrogens (tertiary/aromatic N) is 1. The van der Waals surface area contributed by atoms with E-state index in [-0.39, 0.29) is 0 Å². The summed E-state index contributed by atoms with van der Waals surface area (Å²) in [5, 5.41) is 10.1.